The summed E-state index contributed by atoms with van der Waals surface area (Å²) in [5.74, 6) is 0.0405. The van der Waals surface area contributed by atoms with Gasteiger partial charge in [0.1, 0.15) is 11.8 Å². The number of hydrogen-bond acceptors (Lipinski definition) is 6. The molecule has 10 nitrogen and oxygen atoms in total. The largest absolute Gasteiger partial charge is 0.494 e. The van der Waals surface area contributed by atoms with Crippen molar-refractivity contribution in [1.82, 2.24) is 13.9 Å². The summed E-state index contributed by atoms with van der Waals surface area (Å²) >= 11 is 0. The van der Waals surface area contributed by atoms with Gasteiger partial charge in [-0.2, -0.15) is 4.72 Å². The van der Waals surface area contributed by atoms with Gasteiger partial charge in [-0.05, 0) is 55.0 Å². The molecule has 192 valence electrons. The van der Waals surface area contributed by atoms with Crippen LogP contribution in [0.25, 0.3) is 10.9 Å². The SMILES string of the molecule is CCOc1ccc(NC(=O)[C@@H](NS(=O)(=O)c2ccc3c(c2)c(=O)n(C)c(=O)n3C)c2ccccc2)cc1. The Bertz CT molecular complexity index is 1680. The Morgan fingerprint density at radius 2 is 1.62 bits per heavy atom. The Kier molecular flexibility index (Phi) is 7.28. The molecule has 1 amide bonds. The zero-order chi connectivity index (χ0) is 26.7. The number of rotatable bonds is 8. The summed E-state index contributed by atoms with van der Waals surface area (Å²) in [7, 11) is -1.46. The molecule has 0 bridgehead atoms. The number of ether oxygens (including phenoxy) is 1. The predicted molar refractivity (Wildman–Crippen MR) is 140 cm³/mol. The molecule has 0 spiro atoms. The lowest BCUT2D eigenvalue weighted by atomic mass is 10.1. The Morgan fingerprint density at radius 1 is 0.946 bits per heavy atom. The summed E-state index contributed by atoms with van der Waals surface area (Å²) in [5.41, 5.74) is 0.0292. The summed E-state index contributed by atoms with van der Waals surface area (Å²) in [6.07, 6.45) is 0. The average Bonchev–Trinajstić information content (AvgIpc) is 2.90. The maximum Gasteiger partial charge on any atom is 0.330 e. The number of aromatic nitrogens is 2. The molecule has 0 unspecified atom stereocenters. The maximum absolute atomic E-state index is 13.4. The van der Waals surface area contributed by atoms with E-state index in [0.29, 0.717) is 29.1 Å². The van der Waals surface area contributed by atoms with Crippen molar-refractivity contribution in [3.8, 4) is 5.75 Å². The molecule has 0 aliphatic rings. The molecule has 37 heavy (non-hydrogen) atoms. The van der Waals surface area contributed by atoms with E-state index in [1.807, 2.05) is 6.92 Å². The van der Waals surface area contributed by atoms with Gasteiger partial charge in [0, 0.05) is 19.8 Å². The molecule has 0 saturated carbocycles. The number of fused-ring (bicyclic) bond motifs is 1. The molecule has 0 radical (unpaired) electrons. The Balaban J connectivity index is 1.69. The van der Waals surface area contributed by atoms with E-state index in [0.717, 1.165) is 4.57 Å². The molecule has 1 heterocycles. The maximum atomic E-state index is 13.4. The lowest BCUT2D eigenvalue weighted by Gasteiger charge is -2.19. The minimum Gasteiger partial charge on any atom is -0.494 e. The van der Waals surface area contributed by atoms with Crippen LogP contribution in [0.15, 0.2) is 87.3 Å². The van der Waals surface area contributed by atoms with E-state index in [4.69, 9.17) is 4.74 Å². The van der Waals surface area contributed by atoms with Gasteiger partial charge in [-0.1, -0.05) is 30.3 Å². The third kappa shape index (κ3) is 5.32. The van der Waals surface area contributed by atoms with Crippen molar-refractivity contribution < 1.29 is 17.9 Å². The summed E-state index contributed by atoms with van der Waals surface area (Å²) in [4.78, 5) is 37.9. The van der Waals surface area contributed by atoms with E-state index in [1.165, 1.54) is 36.9 Å². The highest BCUT2D eigenvalue weighted by Crippen LogP contribution is 2.22. The first kappa shape index (κ1) is 25.9. The van der Waals surface area contributed by atoms with Crippen LogP contribution in [0.2, 0.25) is 0 Å². The van der Waals surface area contributed by atoms with Gasteiger partial charge >= 0.3 is 5.69 Å². The van der Waals surface area contributed by atoms with Crippen molar-refractivity contribution in [2.45, 2.75) is 17.9 Å². The highest BCUT2D eigenvalue weighted by atomic mass is 32.2. The fraction of sp³-hybridized carbons (Fsp3) is 0.192. The third-order valence-electron chi connectivity index (χ3n) is 5.85. The average molecular weight is 523 g/mol. The Labute approximate surface area is 213 Å². The van der Waals surface area contributed by atoms with E-state index in [-0.39, 0.29) is 10.3 Å². The van der Waals surface area contributed by atoms with E-state index < -0.39 is 33.2 Å². The van der Waals surface area contributed by atoms with Crippen LogP contribution in [-0.2, 0) is 28.9 Å². The summed E-state index contributed by atoms with van der Waals surface area (Å²) < 4.78 is 36.8. The van der Waals surface area contributed by atoms with Crippen LogP contribution < -0.4 is 26.0 Å². The zero-order valence-electron chi connectivity index (χ0n) is 20.5. The zero-order valence-corrected chi connectivity index (χ0v) is 21.3. The molecule has 1 aromatic heterocycles. The number of amides is 1. The summed E-state index contributed by atoms with van der Waals surface area (Å²) in [6.45, 7) is 2.36. The van der Waals surface area contributed by atoms with Gasteiger partial charge in [0.25, 0.3) is 5.56 Å². The highest BCUT2D eigenvalue weighted by Gasteiger charge is 2.28. The van der Waals surface area contributed by atoms with Crippen LogP contribution in [0.4, 0.5) is 5.69 Å². The molecule has 3 aromatic carbocycles. The molecule has 11 heteroatoms. The van der Waals surface area contributed by atoms with Gasteiger partial charge in [0.2, 0.25) is 15.9 Å². The normalized spacial score (nSPS) is 12.3. The van der Waals surface area contributed by atoms with Crippen LogP contribution in [-0.4, -0.2) is 30.1 Å². The number of hydrogen-bond donors (Lipinski definition) is 2. The smallest absolute Gasteiger partial charge is 0.330 e. The van der Waals surface area contributed by atoms with Crippen molar-refractivity contribution in [1.29, 1.82) is 0 Å². The number of nitrogens with zero attached hydrogens (tertiary/aromatic N) is 2. The van der Waals surface area contributed by atoms with Crippen molar-refractivity contribution in [2.75, 3.05) is 11.9 Å². The van der Waals surface area contributed by atoms with Crippen molar-refractivity contribution in [2.24, 2.45) is 14.1 Å². The van der Waals surface area contributed by atoms with Gasteiger partial charge in [0.05, 0.1) is 22.4 Å². The van der Waals surface area contributed by atoms with E-state index >= 15 is 0 Å². The van der Waals surface area contributed by atoms with Crippen LogP contribution in [0.5, 0.6) is 5.75 Å². The fourth-order valence-electron chi connectivity index (χ4n) is 3.90. The minimum absolute atomic E-state index is 0.0579. The molecule has 2 N–H and O–H groups in total. The first-order valence-corrected chi connectivity index (χ1v) is 12.9. The quantitative estimate of drug-likeness (QED) is 0.365. The van der Waals surface area contributed by atoms with Gasteiger partial charge in [0.15, 0.2) is 0 Å². The van der Waals surface area contributed by atoms with Crippen LogP contribution in [0.1, 0.15) is 18.5 Å². The first-order chi connectivity index (χ1) is 17.6. The van der Waals surface area contributed by atoms with E-state index in [1.54, 1.807) is 54.6 Å². The molecular weight excluding hydrogens is 496 g/mol. The molecule has 0 saturated heterocycles. The van der Waals surface area contributed by atoms with Gasteiger partial charge in [-0.15, -0.1) is 0 Å². The summed E-state index contributed by atoms with van der Waals surface area (Å²) in [6, 6.07) is 17.7. The molecule has 0 aliphatic heterocycles. The predicted octanol–water partition coefficient (Wildman–Crippen LogP) is 2.29. The number of anilines is 1. The van der Waals surface area contributed by atoms with E-state index in [2.05, 4.69) is 10.0 Å². The first-order valence-electron chi connectivity index (χ1n) is 11.4. The molecule has 4 rings (SSSR count). The lowest BCUT2D eigenvalue weighted by Crippen LogP contribution is -2.38. The number of nitrogens with one attached hydrogen (secondary N) is 2. The topological polar surface area (TPSA) is 128 Å². The Morgan fingerprint density at radius 3 is 2.27 bits per heavy atom. The third-order valence-corrected chi connectivity index (χ3v) is 7.27. The second kappa shape index (κ2) is 10.4. The number of benzene rings is 3. The second-order valence-corrected chi connectivity index (χ2v) is 10.0. The van der Waals surface area contributed by atoms with Gasteiger partial charge < -0.3 is 10.1 Å². The van der Waals surface area contributed by atoms with Crippen LogP contribution in [0, 0.1) is 0 Å². The lowest BCUT2D eigenvalue weighted by molar-refractivity contribution is -0.117. The van der Waals surface area contributed by atoms with Gasteiger partial charge in [-0.3, -0.25) is 18.7 Å². The highest BCUT2D eigenvalue weighted by molar-refractivity contribution is 7.89. The van der Waals surface area contributed by atoms with Crippen LogP contribution >= 0.6 is 0 Å². The number of aryl methyl sites for hydroxylation is 1. The fourth-order valence-corrected chi connectivity index (χ4v) is 5.11. The molecule has 0 fully saturated rings. The monoisotopic (exact) mass is 522 g/mol. The molecule has 0 aliphatic carbocycles. The molecular formula is C26H26N4O6S. The van der Waals surface area contributed by atoms with Gasteiger partial charge in [-0.25, -0.2) is 13.2 Å². The number of carbonyl (C=O) groups is 1. The molecule has 1 atom stereocenters. The van der Waals surface area contributed by atoms with E-state index in [9.17, 15) is 22.8 Å². The minimum atomic E-state index is -4.27. The number of carbonyl (C=O) groups excluding carboxylic acids is 1. The number of sulfonamides is 1. The standard InChI is InChI=1S/C26H26N4O6S/c1-4-36-19-12-10-18(11-13-19)27-24(31)23(17-8-6-5-7-9-17)28-37(34,35)20-14-15-22-21(16-20)25(32)30(3)26(33)29(22)2/h5-16,23,28H,4H2,1-3H3,(H,27,31)/t23-/m0/s1. The van der Waals surface area contributed by atoms with Crippen molar-refractivity contribution in [3.05, 3.63) is 99.2 Å². The van der Waals surface area contributed by atoms with Crippen molar-refractivity contribution >= 4 is 32.5 Å². The van der Waals surface area contributed by atoms with Crippen molar-refractivity contribution in [3.63, 3.8) is 0 Å². The summed E-state index contributed by atoms with van der Waals surface area (Å²) in [5, 5.41) is 2.79. The Hall–Kier alpha value is -4.22. The molecule has 4 aromatic rings. The van der Waals surface area contributed by atoms with Crippen LogP contribution in [0.3, 0.4) is 0 Å². The second-order valence-electron chi connectivity index (χ2n) is 8.30.